The molecule has 3 heteroatoms. The summed E-state index contributed by atoms with van der Waals surface area (Å²) in [5, 5.41) is 3.07. The summed E-state index contributed by atoms with van der Waals surface area (Å²) >= 11 is 1.63. The lowest BCUT2D eigenvalue weighted by molar-refractivity contribution is 0.0983. The minimum absolute atomic E-state index is 0.200. The molecule has 0 spiro atoms. The predicted octanol–water partition coefficient (Wildman–Crippen LogP) is 3.83. The van der Waals surface area contributed by atoms with Crippen LogP contribution in [0.4, 0.5) is 0 Å². The molecule has 0 saturated carbocycles. The molecular weight excluding hydrogens is 242 g/mol. The molecule has 94 valence electrons. The van der Waals surface area contributed by atoms with Gasteiger partial charge in [0.05, 0.1) is 5.01 Å². The molecule has 0 unspecified atom stereocenters. The van der Waals surface area contributed by atoms with E-state index in [1.807, 2.05) is 36.6 Å². The van der Waals surface area contributed by atoms with E-state index in [1.165, 1.54) is 5.56 Å². The van der Waals surface area contributed by atoms with Crippen molar-refractivity contribution < 1.29 is 4.79 Å². The van der Waals surface area contributed by atoms with Crippen molar-refractivity contribution >= 4 is 17.1 Å². The topological polar surface area (TPSA) is 30.0 Å². The third-order valence-electron chi connectivity index (χ3n) is 2.92. The molecule has 0 aliphatic carbocycles. The first-order valence-electron chi connectivity index (χ1n) is 6.22. The minimum Gasteiger partial charge on any atom is -0.294 e. The third kappa shape index (κ3) is 3.26. The van der Waals surface area contributed by atoms with Gasteiger partial charge in [0.2, 0.25) is 0 Å². The van der Waals surface area contributed by atoms with Gasteiger partial charge in [0, 0.05) is 29.5 Å². The quantitative estimate of drug-likeness (QED) is 0.764. The summed E-state index contributed by atoms with van der Waals surface area (Å²) in [4.78, 5) is 16.4. The molecule has 2 aromatic rings. The van der Waals surface area contributed by atoms with Crippen LogP contribution in [0.2, 0.25) is 0 Å². The lowest BCUT2D eigenvalue weighted by atomic mass is 10.0. The number of carbonyl (C=O) groups excluding carboxylic acids is 1. The zero-order valence-electron chi connectivity index (χ0n) is 10.8. The largest absolute Gasteiger partial charge is 0.294 e. The summed E-state index contributed by atoms with van der Waals surface area (Å²) in [6.45, 7) is 4.09. The van der Waals surface area contributed by atoms with Crippen molar-refractivity contribution in [2.45, 2.75) is 33.1 Å². The van der Waals surface area contributed by atoms with Gasteiger partial charge in [-0.15, -0.1) is 11.3 Å². The van der Waals surface area contributed by atoms with E-state index < -0.39 is 0 Å². The zero-order chi connectivity index (χ0) is 13.0. The lowest BCUT2D eigenvalue weighted by Crippen LogP contribution is -2.01. The van der Waals surface area contributed by atoms with Crippen molar-refractivity contribution in [3.05, 3.63) is 51.5 Å². The van der Waals surface area contributed by atoms with E-state index >= 15 is 0 Å². The van der Waals surface area contributed by atoms with Crippen molar-refractivity contribution in [3.63, 3.8) is 0 Å². The van der Waals surface area contributed by atoms with Crippen LogP contribution in [-0.2, 0) is 12.8 Å². The number of aryl methyl sites for hydroxylation is 3. The molecule has 0 fully saturated rings. The van der Waals surface area contributed by atoms with Gasteiger partial charge in [-0.05, 0) is 18.9 Å². The highest BCUT2D eigenvalue weighted by molar-refractivity contribution is 7.09. The Kier molecular flexibility index (Phi) is 4.26. The molecule has 0 radical (unpaired) electrons. The van der Waals surface area contributed by atoms with Gasteiger partial charge in [-0.3, -0.25) is 4.79 Å². The van der Waals surface area contributed by atoms with E-state index in [-0.39, 0.29) is 5.78 Å². The Morgan fingerprint density at radius 3 is 2.56 bits per heavy atom. The van der Waals surface area contributed by atoms with Gasteiger partial charge in [-0.2, -0.15) is 0 Å². The van der Waals surface area contributed by atoms with Crippen molar-refractivity contribution in [1.82, 2.24) is 4.98 Å². The van der Waals surface area contributed by atoms with Crippen LogP contribution in [0.3, 0.4) is 0 Å². The Labute approximate surface area is 112 Å². The summed E-state index contributed by atoms with van der Waals surface area (Å²) in [6, 6.07) is 7.91. The van der Waals surface area contributed by atoms with E-state index in [0.29, 0.717) is 6.42 Å². The fourth-order valence-electron chi connectivity index (χ4n) is 1.81. The molecule has 0 N–H and O–H groups in total. The second-order valence-electron chi connectivity index (χ2n) is 4.36. The average molecular weight is 259 g/mol. The second-order valence-corrected chi connectivity index (χ2v) is 5.30. The van der Waals surface area contributed by atoms with Crippen molar-refractivity contribution in [1.29, 1.82) is 0 Å². The van der Waals surface area contributed by atoms with Crippen LogP contribution in [0.15, 0.2) is 29.6 Å². The third-order valence-corrected chi connectivity index (χ3v) is 3.94. The number of carbonyl (C=O) groups is 1. The van der Waals surface area contributed by atoms with Crippen molar-refractivity contribution in [2.75, 3.05) is 0 Å². The normalized spacial score (nSPS) is 10.6. The van der Waals surface area contributed by atoms with Crippen LogP contribution in [0.25, 0.3) is 0 Å². The van der Waals surface area contributed by atoms with Crippen molar-refractivity contribution in [3.8, 4) is 0 Å². The number of rotatable bonds is 5. The summed E-state index contributed by atoms with van der Waals surface area (Å²) in [6.07, 6.45) is 2.29. The first kappa shape index (κ1) is 13.0. The number of aromatic nitrogens is 1. The number of ketones is 1. The Bertz CT molecular complexity index is 528. The fraction of sp³-hybridized carbons (Fsp3) is 0.333. The highest BCUT2D eigenvalue weighted by atomic mass is 32.1. The molecule has 0 atom stereocenters. The maximum absolute atomic E-state index is 12.0. The monoisotopic (exact) mass is 259 g/mol. The van der Waals surface area contributed by atoms with E-state index in [4.69, 9.17) is 0 Å². The van der Waals surface area contributed by atoms with Crippen LogP contribution in [0, 0.1) is 6.92 Å². The summed E-state index contributed by atoms with van der Waals surface area (Å²) in [7, 11) is 0. The molecule has 0 aliphatic rings. The molecule has 0 aliphatic heterocycles. The molecule has 0 amide bonds. The number of hydrogen-bond donors (Lipinski definition) is 0. The van der Waals surface area contributed by atoms with E-state index in [2.05, 4.69) is 11.9 Å². The van der Waals surface area contributed by atoms with Crippen LogP contribution in [0.5, 0.6) is 0 Å². The van der Waals surface area contributed by atoms with Gasteiger partial charge in [-0.25, -0.2) is 4.98 Å². The Morgan fingerprint density at radius 2 is 2.00 bits per heavy atom. The molecule has 2 nitrogen and oxygen atoms in total. The molecule has 1 aromatic heterocycles. The summed E-state index contributed by atoms with van der Waals surface area (Å²) in [5.74, 6) is 0.200. The smallest absolute Gasteiger partial charge is 0.163 e. The maximum Gasteiger partial charge on any atom is 0.163 e. The first-order chi connectivity index (χ1) is 8.69. The molecule has 1 aromatic carbocycles. The molecular formula is C15H17NOS. The van der Waals surface area contributed by atoms with Gasteiger partial charge in [0.25, 0.3) is 0 Å². The summed E-state index contributed by atoms with van der Waals surface area (Å²) in [5.41, 5.74) is 3.11. The molecule has 0 saturated heterocycles. The van der Waals surface area contributed by atoms with Crippen LogP contribution >= 0.6 is 11.3 Å². The van der Waals surface area contributed by atoms with E-state index in [9.17, 15) is 4.79 Å². The van der Waals surface area contributed by atoms with Crippen LogP contribution in [-0.4, -0.2) is 10.8 Å². The summed E-state index contributed by atoms with van der Waals surface area (Å²) < 4.78 is 0. The number of benzene rings is 1. The van der Waals surface area contributed by atoms with Crippen molar-refractivity contribution in [2.24, 2.45) is 0 Å². The Hall–Kier alpha value is -1.48. The second kappa shape index (κ2) is 5.91. The molecule has 18 heavy (non-hydrogen) atoms. The maximum atomic E-state index is 12.0. The lowest BCUT2D eigenvalue weighted by Gasteiger charge is -2.01. The van der Waals surface area contributed by atoms with Gasteiger partial charge >= 0.3 is 0 Å². The molecule has 2 rings (SSSR count). The van der Waals surface area contributed by atoms with Crippen LogP contribution < -0.4 is 0 Å². The standard InChI is InChI=1S/C15H17NOS/c1-3-12-4-6-13(7-5-12)14(17)8-9-15-16-11(2)10-18-15/h4-7,10H,3,8-9H2,1-2H3. The number of hydrogen-bond acceptors (Lipinski definition) is 3. The number of nitrogens with zero attached hydrogens (tertiary/aromatic N) is 1. The van der Waals surface area contributed by atoms with Gasteiger partial charge in [0.15, 0.2) is 5.78 Å². The Morgan fingerprint density at radius 1 is 1.28 bits per heavy atom. The first-order valence-corrected chi connectivity index (χ1v) is 7.10. The number of Topliss-reactive ketones (excluding diaryl/α,β-unsaturated/α-hetero) is 1. The minimum atomic E-state index is 0.200. The van der Waals surface area contributed by atoms with Gasteiger partial charge in [0.1, 0.15) is 0 Å². The molecule has 0 bridgehead atoms. The number of thiazole rings is 1. The molecule has 1 heterocycles. The van der Waals surface area contributed by atoms with Gasteiger partial charge in [-0.1, -0.05) is 31.2 Å². The average Bonchev–Trinajstić information content (AvgIpc) is 2.82. The highest BCUT2D eigenvalue weighted by Crippen LogP contribution is 2.13. The van der Waals surface area contributed by atoms with E-state index in [1.54, 1.807) is 11.3 Å². The predicted molar refractivity (Wildman–Crippen MR) is 75.3 cm³/mol. The highest BCUT2D eigenvalue weighted by Gasteiger charge is 2.07. The fourth-order valence-corrected chi connectivity index (χ4v) is 2.58. The van der Waals surface area contributed by atoms with Crippen LogP contribution in [0.1, 0.15) is 40.0 Å². The Balaban J connectivity index is 1.94. The SMILES string of the molecule is CCc1ccc(C(=O)CCc2nc(C)cs2)cc1. The van der Waals surface area contributed by atoms with E-state index in [0.717, 1.165) is 29.1 Å². The zero-order valence-corrected chi connectivity index (χ0v) is 11.6. The van der Waals surface area contributed by atoms with Gasteiger partial charge < -0.3 is 0 Å².